The monoisotopic (exact) mass is 258 g/mol. The first kappa shape index (κ1) is 13.4. The lowest BCUT2D eigenvalue weighted by Gasteiger charge is -2.25. The van der Waals surface area contributed by atoms with Gasteiger partial charge in [0.2, 0.25) is 5.91 Å². The van der Waals surface area contributed by atoms with Crippen LogP contribution in [0.5, 0.6) is 5.75 Å². The molecule has 0 aromatic heterocycles. The average Bonchev–Trinajstić information content (AvgIpc) is 2.46. The summed E-state index contributed by atoms with van der Waals surface area (Å²) >= 11 is 0. The number of benzene rings is 1. The van der Waals surface area contributed by atoms with E-state index in [4.69, 9.17) is 10.00 Å². The zero-order chi connectivity index (χ0) is 13.7. The van der Waals surface area contributed by atoms with Crippen LogP contribution in [0.3, 0.4) is 0 Å². The molecule has 2 rings (SSSR count). The van der Waals surface area contributed by atoms with Crippen LogP contribution in [0.15, 0.2) is 24.3 Å². The van der Waals surface area contributed by atoms with Crippen LogP contribution in [0.4, 0.5) is 0 Å². The summed E-state index contributed by atoms with van der Waals surface area (Å²) in [5.41, 5.74) is 0.916. The lowest BCUT2D eigenvalue weighted by molar-refractivity contribution is -0.123. The van der Waals surface area contributed by atoms with Crippen molar-refractivity contribution in [3.05, 3.63) is 29.8 Å². The van der Waals surface area contributed by atoms with Crippen LogP contribution in [-0.4, -0.2) is 18.6 Å². The van der Waals surface area contributed by atoms with Gasteiger partial charge in [-0.25, -0.2) is 0 Å². The lowest BCUT2D eigenvalue weighted by Crippen LogP contribution is -2.38. The van der Waals surface area contributed by atoms with Crippen molar-refractivity contribution in [2.75, 3.05) is 6.61 Å². The first-order chi connectivity index (χ1) is 9.26. The number of ether oxygens (including phenoxy) is 1. The molecule has 4 heteroatoms. The SMILES string of the molecule is CCCC(C#N)NC(=O)C1CCOc2ccccc21. The number of nitriles is 1. The van der Waals surface area contributed by atoms with E-state index < -0.39 is 6.04 Å². The third-order valence-corrected chi connectivity index (χ3v) is 3.32. The molecule has 1 N–H and O–H groups in total. The van der Waals surface area contributed by atoms with E-state index in [1.807, 2.05) is 31.2 Å². The molecule has 1 amide bonds. The molecule has 0 fully saturated rings. The zero-order valence-corrected chi connectivity index (χ0v) is 11.1. The molecule has 1 aliphatic rings. The maximum absolute atomic E-state index is 12.3. The molecule has 0 saturated heterocycles. The van der Waals surface area contributed by atoms with Crippen LogP contribution >= 0.6 is 0 Å². The Bertz CT molecular complexity index is 493. The molecule has 0 aliphatic carbocycles. The molecule has 4 nitrogen and oxygen atoms in total. The van der Waals surface area contributed by atoms with Crippen molar-refractivity contribution in [1.29, 1.82) is 5.26 Å². The first-order valence-electron chi connectivity index (χ1n) is 6.68. The van der Waals surface area contributed by atoms with E-state index >= 15 is 0 Å². The number of amides is 1. The van der Waals surface area contributed by atoms with Crippen molar-refractivity contribution >= 4 is 5.91 Å². The summed E-state index contributed by atoms with van der Waals surface area (Å²) in [4.78, 5) is 12.3. The van der Waals surface area contributed by atoms with E-state index in [0.29, 0.717) is 19.4 Å². The van der Waals surface area contributed by atoms with Gasteiger partial charge in [0.1, 0.15) is 11.8 Å². The summed E-state index contributed by atoms with van der Waals surface area (Å²) in [5.74, 6) is 0.492. The Balaban J connectivity index is 2.11. The molecule has 0 radical (unpaired) electrons. The highest BCUT2D eigenvalue weighted by Gasteiger charge is 2.28. The number of para-hydroxylation sites is 1. The Kier molecular flexibility index (Phi) is 4.40. The van der Waals surface area contributed by atoms with Gasteiger partial charge in [0, 0.05) is 5.56 Å². The highest BCUT2D eigenvalue weighted by atomic mass is 16.5. The number of hydrogen-bond donors (Lipinski definition) is 1. The Labute approximate surface area is 113 Å². The van der Waals surface area contributed by atoms with E-state index in [2.05, 4.69) is 11.4 Å². The molecule has 0 bridgehead atoms. The standard InChI is InChI=1S/C15H18N2O2/c1-2-5-11(10-16)17-15(18)13-8-9-19-14-7-4-3-6-12(13)14/h3-4,6-7,11,13H,2,5,8-9H2,1H3,(H,17,18). The van der Waals surface area contributed by atoms with Gasteiger partial charge < -0.3 is 10.1 Å². The normalized spacial score (nSPS) is 18.6. The second-order valence-electron chi connectivity index (χ2n) is 4.71. The van der Waals surface area contributed by atoms with Gasteiger partial charge in [0.25, 0.3) is 0 Å². The fourth-order valence-corrected chi connectivity index (χ4v) is 2.34. The molecule has 100 valence electrons. The molecular weight excluding hydrogens is 240 g/mol. The van der Waals surface area contributed by atoms with Crippen LogP contribution in [0, 0.1) is 11.3 Å². The summed E-state index contributed by atoms with van der Waals surface area (Å²) in [6, 6.07) is 9.33. The Morgan fingerprint density at radius 2 is 2.37 bits per heavy atom. The summed E-state index contributed by atoms with van der Waals surface area (Å²) in [6.07, 6.45) is 2.23. The quantitative estimate of drug-likeness (QED) is 0.901. The number of nitrogens with zero attached hydrogens (tertiary/aromatic N) is 1. The smallest absolute Gasteiger partial charge is 0.228 e. The van der Waals surface area contributed by atoms with Crippen molar-refractivity contribution in [1.82, 2.24) is 5.32 Å². The number of carbonyl (C=O) groups is 1. The number of fused-ring (bicyclic) bond motifs is 1. The highest BCUT2D eigenvalue weighted by molar-refractivity contribution is 5.85. The number of rotatable bonds is 4. The molecule has 1 aliphatic heterocycles. The zero-order valence-electron chi connectivity index (χ0n) is 11.1. The molecular formula is C15H18N2O2. The highest BCUT2D eigenvalue weighted by Crippen LogP contribution is 2.33. The molecule has 0 spiro atoms. The van der Waals surface area contributed by atoms with Gasteiger partial charge in [-0.15, -0.1) is 0 Å². The summed E-state index contributed by atoms with van der Waals surface area (Å²) in [6.45, 7) is 2.54. The van der Waals surface area contributed by atoms with Gasteiger partial charge >= 0.3 is 0 Å². The van der Waals surface area contributed by atoms with Gasteiger partial charge in [0.05, 0.1) is 18.6 Å². The van der Waals surface area contributed by atoms with Crippen molar-refractivity contribution in [2.24, 2.45) is 0 Å². The maximum Gasteiger partial charge on any atom is 0.228 e. The van der Waals surface area contributed by atoms with E-state index in [1.165, 1.54) is 0 Å². The minimum atomic E-state index is -0.396. The van der Waals surface area contributed by atoms with E-state index in [-0.39, 0.29) is 11.8 Å². The molecule has 2 unspecified atom stereocenters. The van der Waals surface area contributed by atoms with Crippen LogP contribution in [0.1, 0.15) is 37.7 Å². The van der Waals surface area contributed by atoms with E-state index in [0.717, 1.165) is 17.7 Å². The van der Waals surface area contributed by atoms with Crippen molar-refractivity contribution < 1.29 is 9.53 Å². The third-order valence-electron chi connectivity index (χ3n) is 3.32. The fraction of sp³-hybridized carbons (Fsp3) is 0.467. The summed E-state index contributed by atoms with van der Waals surface area (Å²) < 4.78 is 5.54. The van der Waals surface area contributed by atoms with Crippen LogP contribution in [0.2, 0.25) is 0 Å². The predicted octanol–water partition coefficient (Wildman–Crippen LogP) is 2.36. The Morgan fingerprint density at radius 3 is 3.11 bits per heavy atom. The second kappa shape index (κ2) is 6.24. The Hall–Kier alpha value is -2.02. The van der Waals surface area contributed by atoms with Gasteiger partial charge in [-0.2, -0.15) is 5.26 Å². The minimum absolute atomic E-state index is 0.0734. The molecule has 2 atom stereocenters. The molecule has 1 aromatic rings. The van der Waals surface area contributed by atoms with Crippen molar-refractivity contribution in [3.63, 3.8) is 0 Å². The van der Waals surface area contributed by atoms with E-state index in [9.17, 15) is 4.79 Å². The predicted molar refractivity (Wildman–Crippen MR) is 71.7 cm³/mol. The summed E-state index contributed by atoms with van der Waals surface area (Å²) in [5, 5.41) is 11.8. The first-order valence-corrected chi connectivity index (χ1v) is 6.68. The number of nitrogens with one attached hydrogen (secondary N) is 1. The molecule has 1 heterocycles. The maximum atomic E-state index is 12.3. The van der Waals surface area contributed by atoms with Crippen LogP contribution in [0.25, 0.3) is 0 Å². The van der Waals surface area contributed by atoms with Crippen LogP contribution < -0.4 is 10.1 Å². The van der Waals surface area contributed by atoms with E-state index in [1.54, 1.807) is 0 Å². The van der Waals surface area contributed by atoms with Gasteiger partial charge in [0.15, 0.2) is 0 Å². The summed E-state index contributed by atoms with van der Waals surface area (Å²) in [7, 11) is 0. The van der Waals surface area contributed by atoms with Crippen LogP contribution in [-0.2, 0) is 4.79 Å². The molecule has 1 aromatic carbocycles. The van der Waals surface area contributed by atoms with Gasteiger partial charge in [-0.1, -0.05) is 31.5 Å². The third kappa shape index (κ3) is 3.05. The topological polar surface area (TPSA) is 62.1 Å². The molecule has 0 saturated carbocycles. The number of hydrogen-bond acceptors (Lipinski definition) is 3. The second-order valence-corrected chi connectivity index (χ2v) is 4.71. The average molecular weight is 258 g/mol. The number of carbonyl (C=O) groups excluding carboxylic acids is 1. The fourth-order valence-electron chi connectivity index (χ4n) is 2.34. The van der Waals surface area contributed by atoms with Crippen molar-refractivity contribution in [3.8, 4) is 11.8 Å². The largest absolute Gasteiger partial charge is 0.493 e. The van der Waals surface area contributed by atoms with Gasteiger partial charge in [-0.3, -0.25) is 4.79 Å². The van der Waals surface area contributed by atoms with Crippen molar-refractivity contribution in [2.45, 2.75) is 38.1 Å². The minimum Gasteiger partial charge on any atom is -0.493 e. The Morgan fingerprint density at radius 1 is 1.58 bits per heavy atom. The van der Waals surface area contributed by atoms with Gasteiger partial charge in [-0.05, 0) is 18.9 Å². The lowest BCUT2D eigenvalue weighted by atomic mass is 9.92. The molecule has 19 heavy (non-hydrogen) atoms.